The van der Waals surface area contributed by atoms with Gasteiger partial charge in [0.25, 0.3) is 5.91 Å². The normalized spacial score (nSPS) is 16.2. The minimum absolute atomic E-state index is 0.0751. The number of rotatable bonds is 4. The number of carbonyl (C=O) groups is 1. The highest BCUT2D eigenvalue weighted by Gasteiger charge is 2.18. The SMILES string of the molecule is O=C(NCC[NH+]1CCOCC1)c1sc2ccccc2c1Cl. The monoisotopic (exact) mass is 325 g/mol. The van der Waals surface area contributed by atoms with Gasteiger partial charge in [0.2, 0.25) is 0 Å². The van der Waals surface area contributed by atoms with Crippen molar-refractivity contribution >= 4 is 38.9 Å². The number of amides is 1. The second-order valence-corrected chi connectivity index (χ2v) is 6.54. The molecule has 3 rings (SSSR count). The van der Waals surface area contributed by atoms with Crippen LogP contribution in [0.25, 0.3) is 10.1 Å². The van der Waals surface area contributed by atoms with Crippen molar-refractivity contribution in [2.24, 2.45) is 0 Å². The second kappa shape index (κ2) is 6.75. The highest BCUT2D eigenvalue weighted by atomic mass is 35.5. The van der Waals surface area contributed by atoms with E-state index in [0.29, 0.717) is 16.4 Å². The summed E-state index contributed by atoms with van der Waals surface area (Å²) in [6, 6.07) is 7.83. The number of halogens is 1. The summed E-state index contributed by atoms with van der Waals surface area (Å²) in [4.78, 5) is 14.3. The quantitative estimate of drug-likeness (QED) is 0.887. The molecule has 0 radical (unpaired) electrons. The maximum absolute atomic E-state index is 12.3. The van der Waals surface area contributed by atoms with Crippen molar-refractivity contribution in [1.82, 2.24) is 5.32 Å². The van der Waals surface area contributed by atoms with Crippen LogP contribution in [-0.2, 0) is 4.74 Å². The van der Waals surface area contributed by atoms with Gasteiger partial charge in [-0.2, -0.15) is 0 Å². The van der Waals surface area contributed by atoms with Crippen molar-refractivity contribution in [2.45, 2.75) is 0 Å². The minimum atomic E-state index is -0.0751. The van der Waals surface area contributed by atoms with Gasteiger partial charge in [0.05, 0.1) is 31.3 Å². The fourth-order valence-electron chi connectivity index (χ4n) is 2.50. The van der Waals surface area contributed by atoms with E-state index < -0.39 is 0 Å². The second-order valence-electron chi connectivity index (χ2n) is 5.11. The molecule has 1 aliphatic heterocycles. The predicted octanol–water partition coefficient (Wildman–Crippen LogP) is 1.20. The highest BCUT2D eigenvalue weighted by molar-refractivity contribution is 7.21. The van der Waals surface area contributed by atoms with Gasteiger partial charge in [-0.25, -0.2) is 0 Å². The Bertz CT molecular complexity index is 638. The van der Waals surface area contributed by atoms with E-state index in [1.165, 1.54) is 16.2 Å². The molecule has 0 spiro atoms. The zero-order chi connectivity index (χ0) is 14.7. The van der Waals surface area contributed by atoms with Gasteiger partial charge in [0.15, 0.2) is 0 Å². The fraction of sp³-hybridized carbons (Fsp3) is 0.400. The molecule has 0 saturated carbocycles. The molecule has 1 fully saturated rings. The topological polar surface area (TPSA) is 42.8 Å². The average Bonchev–Trinajstić information content (AvgIpc) is 2.86. The number of quaternary nitrogens is 1. The Balaban J connectivity index is 1.60. The van der Waals surface area contributed by atoms with Crippen LogP contribution in [0.4, 0.5) is 0 Å². The summed E-state index contributed by atoms with van der Waals surface area (Å²) >= 11 is 7.75. The van der Waals surface area contributed by atoms with Crippen LogP contribution in [0.3, 0.4) is 0 Å². The number of thiophene rings is 1. The van der Waals surface area contributed by atoms with Crippen molar-refractivity contribution in [3.63, 3.8) is 0 Å². The zero-order valence-corrected chi connectivity index (χ0v) is 13.2. The first-order chi connectivity index (χ1) is 10.3. The summed E-state index contributed by atoms with van der Waals surface area (Å²) in [5.74, 6) is -0.0751. The molecule has 21 heavy (non-hydrogen) atoms. The zero-order valence-electron chi connectivity index (χ0n) is 11.7. The van der Waals surface area contributed by atoms with Crippen LogP contribution in [0, 0.1) is 0 Å². The van der Waals surface area contributed by atoms with E-state index in [4.69, 9.17) is 16.3 Å². The van der Waals surface area contributed by atoms with Gasteiger partial charge in [-0.3, -0.25) is 4.79 Å². The van der Waals surface area contributed by atoms with Crippen molar-refractivity contribution < 1.29 is 14.4 Å². The summed E-state index contributed by atoms with van der Waals surface area (Å²) in [7, 11) is 0. The molecule has 4 nitrogen and oxygen atoms in total. The fourth-order valence-corrected chi connectivity index (χ4v) is 3.94. The van der Waals surface area contributed by atoms with Gasteiger partial charge >= 0.3 is 0 Å². The number of ether oxygens (including phenoxy) is 1. The van der Waals surface area contributed by atoms with Gasteiger partial charge in [-0.1, -0.05) is 29.8 Å². The van der Waals surface area contributed by atoms with E-state index in [0.717, 1.165) is 42.9 Å². The standard InChI is InChI=1S/C15H17ClN2O2S/c16-13-11-3-1-2-4-12(11)21-14(13)15(19)17-5-6-18-7-9-20-10-8-18/h1-4H,5-10H2,(H,17,19)/p+1. The maximum Gasteiger partial charge on any atom is 0.263 e. The average molecular weight is 326 g/mol. The number of hydrogen-bond acceptors (Lipinski definition) is 3. The molecule has 6 heteroatoms. The lowest BCUT2D eigenvalue weighted by atomic mass is 10.2. The van der Waals surface area contributed by atoms with Crippen LogP contribution in [0.1, 0.15) is 9.67 Å². The molecule has 1 aromatic carbocycles. The third kappa shape index (κ3) is 3.37. The maximum atomic E-state index is 12.3. The van der Waals surface area contributed by atoms with E-state index >= 15 is 0 Å². The van der Waals surface area contributed by atoms with Crippen molar-refractivity contribution in [1.29, 1.82) is 0 Å². The summed E-state index contributed by atoms with van der Waals surface area (Å²) in [5, 5.41) is 4.49. The van der Waals surface area contributed by atoms with Crippen LogP contribution in [0.5, 0.6) is 0 Å². The Hall–Kier alpha value is -1.14. The van der Waals surface area contributed by atoms with Crippen LogP contribution < -0.4 is 10.2 Å². The number of fused-ring (bicyclic) bond motifs is 1. The molecular formula is C15H18ClN2O2S+. The van der Waals surface area contributed by atoms with Crippen molar-refractivity contribution in [3.8, 4) is 0 Å². The largest absolute Gasteiger partial charge is 0.370 e. The Labute approximate surface area is 132 Å². The van der Waals surface area contributed by atoms with E-state index in [1.807, 2.05) is 24.3 Å². The van der Waals surface area contributed by atoms with Crippen LogP contribution in [0.15, 0.2) is 24.3 Å². The third-order valence-corrected chi connectivity index (χ3v) is 5.38. The van der Waals surface area contributed by atoms with Gasteiger partial charge in [-0.05, 0) is 6.07 Å². The lowest BCUT2D eigenvalue weighted by Crippen LogP contribution is -3.14. The van der Waals surface area contributed by atoms with E-state index in [2.05, 4.69) is 5.32 Å². The van der Waals surface area contributed by atoms with Gasteiger partial charge in [0, 0.05) is 10.1 Å². The molecule has 1 saturated heterocycles. The number of nitrogens with one attached hydrogen (secondary N) is 2. The third-order valence-electron chi connectivity index (χ3n) is 3.71. The van der Waals surface area contributed by atoms with Crippen LogP contribution in [-0.4, -0.2) is 45.3 Å². The molecule has 112 valence electrons. The number of benzene rings is 1. The molecule has 0 aliphatic carbocycles. The van der Waals surface area contributed by atoms with Crippen molar-refractivity contribution in [3.05, 3.63) is 34.2 Å². The Morgan fingerprint density at radius 3 is 2.86 bits per heavy atom. The lowest BCUT2D eigenvalue weighted by Gasteiger charge is -2.23. The molecule has 1 aliphatic rings. The van der Waals surface area contributed by atoms with E-state index in [9.17, 15) is 4.79 Å². The summed E-state index contributed by atoms with van der Waals surface area (Å²) in [6.07, 6.45) is 0. The molecule has 0 unspecified atom stereocenters. The first-order valence-corrected chi connectivity index (χ1v) is 8.31. The summed E-state index contributed by atoms with van der Waals surface area (Å²) in [5.41, 5.74) is 0. The summed E-state index contributed by atoms with van der Waals surface area (Å²) in [6.45, 7) is 5.24. The van der Waals surface area contributed by atoms with Crippen LogP contribution in [0.2, 0.25) is 5.02 Å². The lowest BCUT2D eigenvalue weighted by molar-refractivity contribution is -0.906. The smallest absolute Gasteiger partial charge is 0.263 e. The summed E-state index contributed by atoms with van der Waals surface area (Å²) < 4.78 is 6.37. The van der Waals surface area contributed by atoms with E-state index in [1.54, 1.807) is 0 Å². The highest BCUT2D eigenvalue weighted by Crippen LogP contribution is 2.34. The Kier molecular flexibility index (Phi) is 4.75. The van der Waals surface area contributed by atoms with Crippen molar-refractivity contribution in [2.75, 3.05) is 39.4 Å². The van der Waals surface area contributed by atoms with Gasteiger partial charge in [0.1, 0.15) is 18.0 Å². The Morgan fingerprint density at radius 1 is 1.33 bits per heavy atom. The molecule has 1 amide bonds. The molecule has 0 bridgehead atoms. The Morgan fingerprint density at radius 2 is 2.10 bits per heavy atom. The molecule has 2 aromatic rings. The molecule has 1 aromatic heterocycles. The van der Waals surface area contributed by atoms with Crippen LogP contribution >= 0.6 is 22.9 Å². The van der Waals surface area contributed by atoms with Gasteiger partial charge in [-0.15, -0.1) is 11.3 Å². The molecule has 2 N–H and O–H groups in total. The van der Waals surface area contributed by atoms with E-state index in [-0.39, 0.29) is 5.91 Å². The first kappa shape index (κ1) is 14.8. The minimum Gasteiger partial charge on any atom is -0.370 e. The molecule has 0 atom stereocenters. The number of morpholine rings is 1. The predicted molar refractivity (Wildman–Crippen MR) is 85.6 cm³/mol. The van der Waals surface area contributed by atoms with Gasteiger partial charge < -0.3 is 15.0 Å². The number of carbonyl (C=O) groups excluding carboxylic acids is 1. The first-order valence-electron chi connectivity index (χ1n) is 7.12. The number of hydrogen-bond donors (Lipinski definition) is 2. The molecular weight excluding hydrogens is 308 g/mol. The molecule has 2 heterocycles.